The first kappa shape index (κ1) is 17.1. The fourth-order valence-electron chi connectivity index (χ4n) is 1.30. The fourth-order valence-corrected chi connectivity index (χ4v) is 1.30. The van der Waals surface area contributed by atoms with Crippen molar-refractivity contribution < 1.29 is 28.7 Å². The lowest BCUT2D eigenvalue weighted by Gasteiger charge is -2.14. The average Bonchev–Trinajstić information content (AvgIpc) is 2.33. The lowest BCUT2D eigenvalue weighted by atomic mass is 10.1. The first-order chi connectivity index (χ1) is 8.92. The Morgan fingerprint density at radius 1 is 1.00 bits per heavy atom. The minimum absolute atomic E-state index is 0.0973. The predicted molar refractivity (Wildman–Crippen MR) is 65.1 cm³/mol. The van der Waals surface area contributed by atoms with Crippen molar-refractivity contribution in [2.24, 2.45) is 0 Å². The second-order valence-corrected chi connectivity index (χ2v) is 3.66. The van der Waals surface area contributed by atoms with Crippen molar-refractivity contribution in [2.45, 2.75) is 39.7 Å². The smallest absolute Gasteiger partial charge is 0.336 e. The van der Waals surface area contributed by atoms with Crippen LogP contribution in [-0.4, -0.2) is 42.9 Å². The summed E-state index contributed by atoms with van der Waals surface area (Å²) in [4.78, 5) is 45.4. The molecule has 19 heavy (non-hydrogen) atoms. The number of ether oxygens (including phenoxy) is 2. The summed E-state index contributed by atoms with van der Waals surface area (Å²) in [6, 6.07) is -1.37. The third-order valence-corrected chi connectivity index (χ3v) is 2.07. The molecular formula is C12H19NO6. The number of nitrogens with one attached hydrogen (secondary N) is 1. The number of amides is 1. The largest absolute Gasteiger partial charge is 0.466 e. The molecule has 0 aromatic carbocycles. The standard InChI is InChI=1S/C12H19NO6/c1-4-18-10(16)7-6-9(15)11(13-8(3)14)12(17)19-5-2/h11H,4-7H2,1-3H3,(H,13,14)/t11-/m0/s1. The summed E-state index contributed by atoms with van der Waals surface area (Å²) < 4.78 is 9.36. The molecule has 0 aliphatic carbocycles. The molecule has 0 bridgehead atoms. The number of hydrogen-bond donors (Lipinski definition) is 1. The maximum absolute atomic E-state index is 11.8. The van der Waals surface area contributed by atoms with Crippen LogP contribution in [0, 0.1) is 0 Å². The number of hydrogen-bond acceptors (Lipinski definition) is 6. The molecule has 0 rings (SSSR count). The molecule has 0 spiro atoms. The van der Waals surface area contributed by atoms with E-state index in [9.17, 15) is 19.2 Å². The minimum atomic E-state index is -1.37. The van der Waals surface area contributed by atoms with E-state index >= 15 is 0 Å². The quantitative estimate of drug-likeness (QED) is 0.492. The summed E-state index contributed by atoms with van der Waals surface area (Å²) in [6.45, 7) is 4.75. The van der Waals surface area contributed by atoms with Crippen molar-refractivity contribution in [3.8, 4) is 0 Å². The number of carbonyl (C=O) groups is 4. The van der Waals surface area contributed by atoms with Crippen LogP contribution in [0.25, 0.3) is 0 Å². The van der Waals surface area contributed by atoms with Crippen LogP contribution in [0.2, 0.25) is 0 Å². The Bertz CT molecular complexity index is 352. The van der Waals surface area contributed by atoms with Crippen LogP contribution in [0.1, 0.15) is 33.6 Å². The molecule has 0 saturated heterocycles. The highest BCUT2D eigenvalue weighted by atomic mass is 16.5. The van der Waals surface area contributed by atoms with Gasteiger partial charge in [0.15, 0.2) is 11.8 Å². The maximum Gasteiger partial charge on any atom is 0.336 e. The first-order valence-corrected chi connectivity index (χ1v) is 6.04. The Kier molecular flexibility index (Phi) is 8.15. The van der Waals surface area contributed by atoms with Crippen LogP contribution >= 0.6 is 0 Å². The van der Waals surface area contributed by atoms with Gasteiger partial charge in [-0.3, -0.25) is 14.4 Å². The van der Waals surface area contributed by atoms with E-state index in [0.29, 0.717) is 0 Å². The third-order valence-electron chi connectivity index (χ3n) is 2.07. The van der Waals surface area contributed by atoms with Gasteiger partial charge in [-0.25, -0.2) is 4.79 Å². The zero-order valence-electron chi connectivity index (χ0n) is 11.4. The molecule has 0 radical (unpaired) electrons. The highest BCUT2D eigenvalue weighted by Gasteiger charge is 2.28. The lowest BCUT2D eigenvalue weighted by Crippen LogP contribution is -2.46. The van der Waals surface area contributed by atoms with E-state index in [2.05, 4.69) is 14.8 Å². The van der Waals surface area contributed by atoms with E-state index < -0.39 is 29.7 Å². The number of rotatable bonds is 8. The Morgan fingerprint density at radius 3 is 2.05 bits per heavy atom. The Labute approximate surface area is 111 Å². The van der Waals surface area contributed by atoms with Crippen LogP contribution in [0.4, 0.5) is 0 Å². The van der Waals surface area contributed by atoms with E-state index in [-0.39, 0.29) is 26.1 Å². The van der Waals surface area contributed by atoms with E-state index in [1.807, 2.05) is 0 Å². The summed E-state index contributed by atoms with van der Waals surface area (Å²) in [5.41, 5.74) is 0. The van der Waals surface area contributed by atoms with E-state index in [0.717, 1.165) is 0 Å². The van der Waals surface area contributed by atoms with Gasteiger partial charge in [-0.15, -0.1) is 0 Å². The van der Waals surface area contributed by atoms with Gasteiger partial charge >= 0.3 is 11.9 Å². The number of esters is 2. The SMILES string of the molecule is CCOC(=O)CCC(=O)[C@H](NC(C)=O)C(=O)OCC. The van der Waals surface area contributed by atoms with Crippen LogP contribution in [0.15, 0.2) is 0 Å². The van der Waals surface area contributed by atoms with Gasteiger partial charge in [0, 0.05) is 13.3 Å². The molecule has 0 unspecified atom stereocenters. The van der Waals surface area contributed by atoms with E-state index in [1.54, 1.807) is 13.8 Å². The van der Waals surface area contributed by atoms with Gasteiger partial charge in [0.25, 0.3) is 0 Å². The Balaban J connectivity index is 4.50. The van der Waals surface area contributed by atoms with Crippen molar-refractivity contribution in [1.82, 2.24) is 5.32 Å². The molecule has 7 nitrogen and oxygen atoms in total. The van der Waals surface area contributed by atoms with Crippen molar-refractivity contribution in [3.63, 3.8) is 0 Å². The summed E-state index contributed by atoms with van der Waals surface area (Å²) in [5.74, 6) is -2.46. The number of ketones is 1. The highest BCUT2D eigenvalue weighted by Crippen LogP contribution is 2.01. The molecule has 0 saturated carbocycles. The maximum atomic E-state index is 11.8. The highest BCUT2D eigenvalue weighted by molar-refractivity contribution is 6.06. The topological polar surface area (TPSA) is 98.8 Å². The zero-order chi connectivity index (χ0) is 14.8. The lowest BCUT2D eigenvalue weighted by molar-refractivity contribution is -0.151. The Hall–Kier alpha value is -1.92. The molecule has 1 atom stereocenters. The van der Waals surface area contributed by atoms with Gasteiger partial charge < -0.3 is 14.8 Å². The molecule has 0 heterocycles. The van der Waals surface area contributed by atoms with Crippen LogP contribution in [0.5, 0.6) is 0 Å². The summed E-state index contributed by atoms with van der Waals surface area (Å²) in [6.07, 6.45) is -0.329. The monoisotopic (exact) mass is 273 g/mol. The molecule has 0 fully saturated rings. The van der Waals surface area contributed by atoms with Crippen molar-refractivity contribution in [3.05, 3.63) is 0 Å². The van der Waals surface area contributed by atoms with Gasteiger partial charge in [0.1, 0.15) is 0 Å². The van der Waals surface area contributed by atoms with Gasteiger partial charge in [-0.1, -0.05) is 0 Å². The molecule has 0 aliphatic heterocycles. The van der Waals surface area contributed by atoms with E-state index in [4.69, 9.17) is 0 Å². The Morgan fingerprint density at radius 2 is 1.58 bits per heavy atom. The second-order valence-electron chi connectivity index (χ2n) is 3.66. The number of Topliss-reactive ketones (excluding diaryl/α,β-unsaturated/α-hetero) is 1. The van der Waals surface area contributed by atoms with Crippen molar-refractivity contribution in [2.75, 3.05) is 13.2 Å². The molecular weight excluding hydrogens is 254 g/mol. The molecule has 0 aromatic rings. The summed E-state index contributed by atoms with van der Waals surface area (Å²) in [7, 11) is 0. The number of carbonyl (C=O) groups excluding carboxylic acids is 4. The van der Waals surface area contributed by atoms with Crippen molar-refractivity contribution >= 4 is 23.6 Å². The predicted octanol–water partition coefficient (Wildman–Crippen LogP) is -0.0334. The molecule has 7 heteroatoms. The van der Waals surface area contributed by atoms with Crippen molar-refractivity contribution in [1.29, 1.82) is 0 Å². The molecule has 0 aromatic heterocycles. The molecule has 0 aliphatic rings. The van der Waals surface area contributed by atoms with Gasteiger partial charge in [0.05, 0.1) is 19.6 Å². The van der Waals surface area contributed by atoms with E-state index in [1.165, 1.54) is 6.92 Å². The van der Waals surface area contributed by atoms with Gasteiger partial charge in [-0.05, 0) is 13.8 Å². The third kappa shape index (κ3) is 7.17. The van der Waals surface area contributed by atoms with Crippen LogP contribution in [0.3, 0.4) is 0 Å². The minimum Gasteiger partial charge on any atom is -0.466 e. The van der Waals surface area contributed by atoms with Crippen LogP contribution < -0.4 is 5.32 Å². The van der Waals surface area contributed by atoms with Gasteiger partial charge in [0.2, 0.25) is 5.91 Å². The first-order valence-electron chi connectivity index (χ1n) is 6.04. The second kappa shape index (κ2) is 9.07. The average molecular weight is 273 g/mol. The molecule has 108 valence electrons. The molecule has 1 N–H and O–H groups in total. The zero-order valence-corrected chi connectivity index (χ0v) is 11.4. The van der Waals surface area contributed by atoms with Gasteiger partial charge in [-0.2, -0.15) is 0 Å². The normalized spacial score (nSPS) is 11.3. The fraction of sp³-hybridized carbons (Fsp3) is 0.667. The summed E-state index contributed by atoms with van der Waals surface area (Å²) in [5, 5.41) is 2.20. The molecule has 1 amide bonds. The summed E-state index contributed by atoms with van der Waals surface area (Å²) >= 11 is 0. The van der Waals surface area contributed by atoms with Crippen LogP contribution in [-0.2, 0) is 28.7 Å².